The van der Waals surface area contributed by atoms with E-state index >= 15 is 0 Å². The van der Waals surface area contributed by atoms with E-state index in [9.17, 15) is 0 Å². The van der Waals surface area contributed by atoms with Gasteiger partial charge in [-0.15, -0.1) is 0 Å². The Balaban J connectivity index is 1.03. The highest BCUT2D eigenvalue weighted by molar-refractivity contribution is 6.28. The summed E-state index contributed by atoms with van der Waals surface area (Å²) in [5.74, 6) is 1.81. The molecular formula is C57H37N5. The molecule has 12 rings (SSSR count). The lowest BCUT2D eigenvalue weighted by atomic mass is 9.99. The summed E-state index contributed by atoms with van der Waals surface area (Å²) in [6.45, 7) is 0. The third kappa shape index (κ3) is 5.98. The highest BCUT2D eigenvalue weighted by atomic mass is 15.2. The molecule has 0 aliphatic heterocycles. The first-order valence-corrected chi connectivity index (χ1v) is 20.9. The first-order chi connectivity index (χ1) is 30.7. The number of fused-ring (bicyclic) bond motifs is 7. The van der Waals surface area contributed by atoms with Crippen molar-refractivity contribution in [1.82, 2.24) is 24.1 Å². The van der Waals surface area contributed by atoms with Crippen molar-refractivity contribution in [3.63, 3.8) is 0 Å². The lowest BCUT2D eigenvalue weighted by Crippen LogP contribution is -2.06. The molecule has 0 fully saturated rings. The fraction of sp³-hybridized carbons (Fsp3) is 0. The van der Waals surface area contributed by atoms with Crippen LogP contribution in [0.15, 0.2) is 224 Å². The second kappa shape index (κ2) is 14.7. The van der Waals surface area contributed by atoms with Crippen molar-refractivity contribution in [3.8, 4) is 67.8 Å². The Bertz CT molecular complexity index is 3590. The van der Waals surface area contributed by atoms with E-state index in [2.05, 4.69) is 209 Å². The van der Waals surface area contributed by atoms with Crippen molar-refractivity contribution in [2.24, 2.45) is 0 Å². The molecule has 0 atom stereocenters. The summed E-state index contributed by atoms with van der Waals surface area (Å²) < 4.78 is 4.61. The van der Waals surface area contributed by atoms with Crippen LogP contribution in [0, 0.1) is 0 Å². The first-order valence-electron chi connectivity index (χ1n) is 20.9. The minimum absolute atomic E-state index is 0.571. The lowest BCUT2D eigenvalue weighted by molar-refractivity contribution is 0.953. The van der Waals surface area contributed by atoms with E-state index in [4.69, 9.17) is 15.0 Å². The van der Waals surface area contributed by atoms with Gasteiger partial charge in [-0.2, -0.15) is 9.97 Å². The zero-order chi connectivity index (χ0) is 41.0. The van der Waals surface area contributed by atoms with Gasteiger partial charge in [-0.25, -0.2) is 4.98 Å². The Morgan fingerprint density at radius 2 is 0.645 bits per heavy atom. The van der Waals surface area contributed by atoms with Crippen LogP contribution in [-0.4, -0.2) is 24.1 Å². The number of hydrogen-bond acceptors (Lipinski definition) is 3. The molecule has 0 amide bonds. The minimum atomic E-state index is 0.571. The molecule has 0 saturated heterocycles. The van der Waals surface area contributed by atoms with Crippen LogP contribution in [0.4, 0.5) is 0 Å². The molecular weight excluding hydrogens is 755 g/mol. The Labute approximate surface area is 358 Å². The predicted molar refractivity (Wildman–Crippen MR) is 256 cm³/mol. The van der Waals surface area contributed by atoms with Gasteiger partial charge in [0, 0.05) is 38.4 Å². The van der Waals surface area contributed by atoms with Gasteiger partial charge in [-0.05, 0) is 75.8 Å². The third-order valence-electron chi connectivity index (χ3n) is 12.0. The topological polar surface area (TPSA) is 48.5 Å². The Morgan fingerprint density at radius 3 is 1.23 bits per heavy atom. The maximum Gasteiger partial charge on any atom is 0.238 e. The maximum absolute atomic E-state index is 5.26. The number of rotatable bonds is 7. The molecule has 0 bridgehead atoms. The SMILES string of the molecule is c1ccc(-c2ccc(-c3nc(-c4ccccc4)nc(-n4c5ccccc5c5c6c7ccccc7n(-c7ccc(-c8cccc(-c9ccccc9)c8)cc7)c6ccc54)n3)cc2)cc1. The molecule has 5 heteroatoms. The van der Waals surface area contributed by atoms with Crippen molar-refractivity contribution in [3.05, 3.63) is 224 Å². The fourth-order valence-electron chi connectivity index (χ4n) is 9.08. The molecule has 0 aliphatic carbocycles. The summed E-state index contributed by atoms with van der Waals surface area (Å²) in [4.78, 5) is 15.6. The van der Waals surface area contributed by atoms with Gasteiger partial charge in [0.1, 0.15) is 0 Å². The van der Waals surface area contributed by atoms with E-state index < -0.39 is 0 Å². The van der Waals surface area contributed by atoms with Crippen LogP contribution in [-0.2, 0) is 0 Å². The van der Waals surface area contributed by atoms with Crippen molar-refractivity contribution in [2.45, 2.75) is 0 Å². The summed E-state index contributed by atoms with van der Waals surface area (Å²) in [5.41, 5.74) is 14.4. The van der Waals surface area contributed by atoms with E-state index in [1.165, 1.54) is 38.6 Å². The second-order valence-corrected chi connectivity index (χ2v) is 15.6. The molecule has 0 spiro atoms. The van der Waals surface area contributed by atoms with Crippen molar-refractivity contribution in [1.29, 1.82) is 0 Å². The number of benzene rings is 9. The van der Waals surface area contributed by atoms with E-state index in [0.29, 0.717) is 17.6 Å². The normalized spacial score (nSPS) is 11.5. The molecule has 3 heterocycles. The number of para-hydroxylation sites is 2. The van der Waals surface area contributed by atoms with Crippen LogP contribution in [0.1, 0.15) is 0 Å². The largest absolute Gasteiger partial charge is 0.309 e. The molecule has 290 valence electrons. The number of hydrogen-bond donors (Lipinski definition) is 0. The fourth-order valence-corrected chi connectivity index (χ4v) is 9.08. The Kier molecular flexibility index (Phi) is 8.42. The van der Waals surface area contributed by atoms with Gasteiger partial charge >= 0.3 is 0 Å². The monoisotopic (exact) mass is 791 g/mol. The minimum Gasteiger partial charge on any atom is -0.309 e. The number of nitrogens with zero attached hydrogens (tertiary/aromatic N) is 5. The van der Waals surface area contributed by atoms with Crippen molar-refractivity contribution < 1.29 is 0 Å². The van der Waals surface area contributed by atoms with Gasteiger partial charge in [-0.1, -0.05) is 182 Å². The van der Waals surface area contributed by atoms with E-state index in [0.717, 1.165) is 55.2 Å². The van der Waals surface area contributed by atoms with Crippen LogP contribution in [0.2, 0.25) is 0 Å². The van der Waals surface area contributed by atoms with Crippen LogP contribution in [0.25, 0.3) is 111 Å². The van der Waals surface area contributed by atoms with Crippen LogP contribution < -0.4 is 0 Å². The third-order valence-corrected chi connectivity index (χ3v) is 12.0. The molecule has 0 radical (unpaired) electrons. The summed E-state index contributed by atoms with van der Waals surface area (Å²) >= 11 is 0. The summed E-state index contributed by atoms with van der Waals surface area (Å²) in [6.07, 6.45) is 0. The molecule has 0 saturated carbocycles. The Morgan fingerprint density at radius 1 is 0.258 bits per heavy atom. The van der Waals surface area contributed by atoms with E-state index in [1.807, 2.05) is 24.3 Å². The summed E-state index contributed by atoms with van der Waals surface area (Å²) in [5, 5.41) is 4.69. The Hall–Kier alpha value is -8.41. The summed E-state index contributed by atoms with van der Waals surface area (Å²) in [6, 6.07) is 79.2. The molecule has 62 heavy (non-hydrogen) atoms. The number of aromatic nitrogens is 5. The molecule has 5 nitrogen and oxygen atoms in total. The predicted octanol–water partition coefficient (Wildman–Crippen LogP) is 14.4. The maximum atomic E-state index is 5.26. The molecule has 0 aliphatic rings. The molecule has 9 aromatic carbocycles. The van der Waals surface area contributed by atoms with Crippen LogP contribution >= 0.6 is 0 Å². The van der Waals surface area contributed by atoms with E-state index in [1.54, 1.807) is 0 Å². The second-order valence-electron chi connectivity index (χ2n) is 15.6. The molecule has 0 N–H and O–H groups in total. The van der Waals surface area contributed by atoms with Gasteiger partial charge in [0.05, 0.1) is 22.1 Å². The van der Waals surface area contributed by atoms with Gasteiger partial charge in [0.15, 0.2) is 11.6 Å². The molecule has 12 aromatic rings. The first kappa shape index (κ1) is 35.5. The lowest BCUT2D eigenvalue weighted by Gasteiger charge is -2.12. The van der Waals surface area contributed by atoms with Crippen molar-refractivity contribution in [2.75, 3.05) is 0 Å². The van der Waals surface area contributed by atoms with Crippen LogP contribution in [0.5, 0.6) is 0 Å². The smallest absolute Gasteiger partial charge is 0.238 e. The van der Waals surface area contributed by atoms with Gasteiger partial charge in [0.2, 0.25) is 5.95 Å². The van der Waals surface area contributed by atoms with Crippen molar-refractivity contribution >= 4 is 43.6 Å². The van der Waals surface area contributed by atoms with E-state index in [-0.39, 0.29) is 0 Å². The standard InChI is InChI=1S/C57H37N5/c1-4-15-38(16-5-1)40-27-29-43(30-28-40)56-58-55(42-19-8-3-9-20-42)59-57(60-56)62-50-26-13-11-24-48(50)54-52(62)36-35-51-53(54)47-23-10-12-25-49(47)61(51)46-33-31-41(32-34-46)45-22-14-21-44(37-45)39-17-6-2-7-18-39/h1-37H. The summed E-state index contributed by atoms with van der Waals surface area (Å²) in [7, 11) is 0. The average Bonchev–Trinajstić information content (AvgIpc) is 3.88. The highest BCUT2D eigenvalue weighted by Crippen LogP contribution is 2.42. The average molecular weight is 792 g/mol. The quantitative estimate of drug-likeness (QED) is 0.162. The van der Waals surface area contributed by atoms with Gasteiger partial charge in [-0.3, -0.25) is 4.57 Å². The molecule has 3 aromatic heterocycles. The zero-order valence-electron chi connectivity index (χ0n) is 33.6. The van der Waals surface area contributed by atoms with Gasteiger partial charge in [0.25, 0.3) is 0 Å². The highest BCUT2D eigenvalue weighted by Gasteiger charge is 2.22. The zero-order valence-corrected chi connectivity index (χ0v) is 33.6. The molecule has 0 unspecified atom stereocenters. The van der Waals surface area contributed by atoms with Gasteiger partial charge < -0.3 is 4.57 Å². The van der Waals surface area contributed by atoms with Crippen LogP contribution in [0.3, 0.4) is 0 Å².